The lowest BCUT2D eigenvalue weighted by molar-refractivity contribution is -0.384. The Bertz CT molecular complexity index is 541. The molecule has 2 unspecified atom stereocenters. The van der Waals surface area contributed by atoms with Gasteiger partial charge in [0, 0.05) is 24.8 Å². The average molecular weight is 276 g/mol. The number of aliphatic hydroxyl groups excluding tert-OH is 1. The van der Waals surface area contributed by atoms with Crippen molar-refractivity contribution in [3.8, 4) is 6.07 Å². The van der Waals surface area contributed by atoms with Crippen LogP contribution in [0.4, 0.5) is 11.5 Å². The Labute approximate surface area is 116 Å². The predicted molar refractivity (Wildman–Crippen MR) is 72.1 cm³/mol. The predicted octanol–water partition coefficient (Wildman–Crippen LogP) is 1.82. The van der Waals surface area contributed by atoms with Gasteiger partial charge in [-0.25, -0.2) is 4.98 Å². The van der Waals surface area contributed by atoms with Crippen LogP contribution in [0, 0.1) is 27.4 Å². The minimum Gasteiger partial charge on any atom is -0.396 e. The summed E-state index contributed by atoms with van der Waals surface area (Å²) in [7, 11) is 0. The zero-order valence-electron chi connectivity index (χ0n) is 11.0. The number of nitrogens with one attached hydrogen (secondary N) is 1. The SMILES string of the molecule is N#Cc1ccnc(NC2CCCCC2CO)c1[N+](=O)[O-]. The van der Waals surface area contributed by atoms with E-state index < -0.39 is 4.92 Å². The molecule has 0 bridgehead atoms. The third-order valence-electron chi connectivity index (χ3n) is 3.69. The molecule has 0 aromatic carbocycles. The van der Waals surface area contributed by atoms with Gasteiger partial charge in [-0.15, -0.1) is 0 Å². The van der Waals surface area contributed by atoms with Gasteiger partial charge in [0.25, 0.3) is 0 Å². The van der Waals surface area contributed by atoms with Crippen LogP contribution in [0.5, 0.6) is 0 Å². The summed E-state index contributed by atoms with van der Waals surface area (Å²) in [5, 5.41) is 32.5. The van der Waals surface area contributed by atoms with E-state index in [4.69, 9.17) is 5.26 Å². The molecule has 1 aliphatic rings. The topological polar surface area (TPSA) is 112 Å². The molecule has 0 radical (unpaired) electrons. The smallest absolute Gasteiger partial charge is 0.328 e. The zero-order valence-corrected chi connectivity index (χ0v) is 11.0. The number of anilines is 1. The van der Waals surface area contributed by atoms with E-state index in [-0.39, 0.29) is 35.6 Å². The first kappa shape index (κ1) is 14.2. The van der Waals surface area contributed by atoms with E-state index in [9.17, 15) is 15.2 Å². The van der Waals surface area contributed by atoms with Crippen molar-refractivity contribution < 1.29 is 10.0 Å². The van der Waals surface area contributed by atoms with Crippen molar-refractivity contribution in [2.75, 3.05) is 11.9 Å². The highest BCUT2D eigenvalue weighted by Crippen LogP contribution is 2.31. The van der Waals surface area contributed by atoms with Gasteiger partial charge in [0.2, 0.25) is 5.82 Å². The first-order valence-electron chi connectivity index (χ1n) is 6.58. The van der Waals surface area contributed by atoms with E-state index in [1.165, 1.54) is 12.3 Å². The Hall–Kier alpha value is -2.20. The molecule has 7 heteroatoms. The van der Waals surface area contributed by atoms with Gasteiger partial charge in [0.05, 0.1) is 4.92 Å². The summed E-state index contributed by atoms with van der Waals surface area (Å²) in [6.45, 7) is 0.0450. The van der Waals surface area contributed by atoms with Crippen molar-refractivity contribution in [1.29, 1.82) is 5.26 Å². The van der Waals surface area contributed by atoms with E-state index >= 15 is 0 Å². The minimum atomic E-state index is -0.593. The quantitative estimate of drug-likeness (QED) is 0.640. The molecule has 1 fully saturated rings. The molecule has 0 spiro atoms. The molecular weight excluding hydrogens is 260 g/mol. The molecule has 1 aromatic rings. The second-order valence-corrected chi connectivity index (χ2v) is 4.90. The van der Waals surface area contributed by atoms with Gasteiger partial charge in [-0.05, 0) is 18.9 Å². The molecule has 2 atom stereocenters. The standard InChI is InChI=1S/C13H16N4O3/c14-7-9-5-6-15-13(12(9)17(19)20)16-11-4-2-1-3-10(11)8-18/h5-6,10-11,18H,1-4,8H2,(H,15,16). The van der Waals surface area contributed by atoms with Crippen LogP contribution >= 0.6 is 0 Å². The molecule has 1 heterocycles. The van der Waals surface area contributed by atoms with Gasteiger partial charge in [-0.2, -0.15) is 5.26 Å². The number of nitriles is 1. The largest absolute Gasteiger partial charge is 0.396 e. The van der Waals surface area contributed by atoms with Crippen LogP contribution in [0.1, 0.15) is 31.2 Å². The fourth-order valence-electron chi connectivity index (χ4n) is 2.63. The highest BCUT2D eigenvalue weighted by Gasteiger charge is 2.28. The fraction of sp³-hybridized carbons (Fsp3) is 0.538. The summed E-state index contributed by atoms with van der Waals surface area (Å²) in [5.74, 6) is 0.176. The maximum atomic E-state index is 11.1. The fourth-order valence-corrected chi connectivity index (χ4v) is 2.63. The molecule has 2 rings (SSSR count). The molecule has 1 aromatic heterocycles. The molecule has 7 nitrogen and oxygen atoms in total. The molecular formula is C13H16N4O3. The normalized spacial score (nSPS) is 22.0. The van der Waals surface area contributed by atoms with Crippen molar-refractivity contribution in [3.63, 3.8) is 0 Å². The number of rotatable bonds is 4. The lowest BCUT2D eigenvalue weighted by Gasteiger charge is -2.31. The lowest BCUT2D eigenvalue weighted by atomic mass is 9.85. The average Bonchev–Trinajstić information content (AvgIpc) is 2.47. The van der Waals surface area contributed by atoms with Crippen molar-refractivity contribution in [1.82, 2.24) is 4.98 Å². The summed E-state index contributed by atoms with van der Waals surface area (Å²) in [6.07, 6.45) is 5.17. The minimum absolute atomic E-state index is 0.0103. The van der Waals surface area contributed by atoms with E-state index in [0.717, 1.165) is 25.7 Å². The van der Waals surface area contributed by atoms with Gasteiger partial charge in [-0.3, -0.25) is 10.1 Å². The number of pyridine rings is 1. The Morgan fingerprint density at radius 1 is 1.55 bits per heavy atom. The van der Waals surface area contributed by atoms with Crippen LogP contribution in [-0.4, -0.2) is 27.7 Å². The van der Waals surface area contributed by atoms with Crippen LogP contribution in [0.2, 0.25) is 0 Å². The Balaban J connectivity index is 2.29. The number of nitro groups is 1. The zero-order chi connectivity index (χ0) is 14.5. The Morgan fingerprint density at radius 2 is 2.30 bits per heavy atom. The van der Waals surface area contributed by atoms with Crippen LogP contribution in [0.25, 0.3) is 0 Å². The van der Waals surface area contributed by atoms with Gasteiger partial charge < -0.3 is 10.4 Å². The summed E-state index contributed by atoms with van der Waals surface area (Å²) < 4.78 is 0. The maximum Gasteiger partial charge on any atom is 0.328 e. The van der Waals surface area contributed by atoms with Crippen molar-refractivity contribution >= 4 is 11.5 Å². The molecule has 2 N–H and O–H groups in total. The molecule has 0 amide bonds. The number of hydrogen-bond acceptors (Lipinski definition) is 6. The third-order valence-corrected chi connectivity index (χ3v) is 3.69. The van der Waals surface area contributed by atoms with Gasteiger partial charge in [0.15, 0.2) is 0 Å². The van der Waals surface area contributed by atoms with E-state index in [0.29, 0.717) is 0 Å². The monoisotopic (exact) mass is 276 g/mol. The number of hydrogen-bond donors (Lipinski definition) is 2. The van der Waals surface area contributed by atoms with Crippen molar-refractivity contribution in [2.24, 2.45) is 5.92 Å². The first-order chi connectivity index (χ1) is 9.67. The van der Waals surface area contributed by atoms with Crippen LogP contribution in [0.3, 0.4) is 0 Å². The van der Waals surface area contributed by atoms with Crippen molar-refractivity contribution in [2.45, 2.75) is 31.7 Å². The lowest BCUT2D eigenvalue weighted by Crippen LogP contribution is -2.34. The van der Waals surface area contributed by atoms with Gasteiger partial charge in [-0.1, -0.05) is 12.8 Å². The Kier molecular flexibility index (Phi) is 4.48. The summed E-state index contributed by atoms with van der Waals surface area (Å²) in [6, 6.07) is 3.09. The van der Waals surface area contributed by atoms with E-state index in [2.05, 4.69) is 10.3 Å². The van der Waals surface area contributed by atoms with Crippen LogP contribution in [0.15, 0.2) is 12.3 Å². The van der Waals surface area contributed by atoms with Crippen LogP contribution < -0.4 is 5.32 Å². The van der Waals surface area contributed by atoms with Gasteiger partial charge in [0.1, 0.15) is 11.6 Å². The van der Waals surface area contributed by atoms with Crippen molar-refractivity contribution in [3.05, 3.63) is 27.9 Å². The highest BCUT2D eigenvalue weighted by molar-refractivity contribution is 5.64. The molecule has 1 saturated carbocycles. The highest BCUT2D eigenvalue weighted by atomic mass is 16.6. The molecule has 20 heavy (non-hydrogen) atoms. The molecule has 1 aliphatic carbocycles. The summed E-state index contributed by atoms with van der Waals surface area (Å²) in [5.41, 5.74) is -0.305. The number of nitrogens with zero attached hydrogens (tertiary/aromatic N) is 3. The second-order valence-electron chi connectivity index (χ2n) is 4.90. The van der Waals surface area contributed by atoms with E-state index in [1.807, 2.05) is 6.07 Å². The molecule has 106 valence electrons. The third kappa shape index (κ3) is 2.86. The molecule has 0 saturated heterocycles. The number of aliphatic hydroxyl groups is 1. The van der Waals surface area contributed by atoms with Crippen LogP contribution in [-0.2, 0) is 0 Å². The second kappa shape index (κ2) is 6.30. The molecule has 0 aliphatic heterocycles. The number of aromatic nitrogens is 1. The Morgan fingerprint density at radius 3 is 2.95 bits per heavy atom. The van der Waals surface area contributed by atoms with Gasteiger partial charge >= 0.3 is 5.69 Å². The maximum absolute atomic E-state index is 11.1. The first-order valence-corrected chi connectivity index (χ1v) is 6.58. The van der Waals surface area contributed by atoms with E-state index in [1.54, 1.807) is 0 Å². The summed E-state index contributed by atoms with van der Waals surface area (Å²) >= 11 is 0. The summed E-state index contributed by atoms with van der Waals surface area (Å²) in [4.78, 5) is 14.5.